The van der Waals surface area contributed by atoms with Gasteiger partial charge in [-0.3, -0.25) is 0 Å². The summed E-state index contributed by atoms with van der Waals surface area (Å²) in [5.74, 6) is -0.886. The quantitative estimate of drug-likeness (QED) is 0.792. The summed E-state index contributed by atoms with van der Waals surface area (Å²) in [5.41, 5.74) is 0.378. The molecule has 2 nitrogen and oxygen atoms in total. The zero-order valence-electron chi connectivity index (χ0n) is 5.20. The Balaban J connectivity index is 3.02. The monoisotopic (exact) mass is 344 g/mol. The highest BCUT2D eigenvalue weighted by molar-refractivity contribution is 9.16. The Morgan fingerprint density at radius 3 is 2.00 bits per heavy atom. The van der Waals surface area contributed by atoms with E-state index in [1.807, 2.05) is 0 Å². The fourth-order valence-corrected chi connectivity index (χ4v) is 2.40. The van der Waals surface area contributed by atoms with E-state index in [0.29, 0.717) is 16.5 Å². The molecule has 0 saturated heterocycles. The maximum absolute atomic E-state index is 10.5. The van der Waals surface area contributed by atoms with Crippen LogP contribution in [0.5, 0.6) is 0 Å². The van der Waals surface area contributed by atoms with Gasteiger partial charge in [0.2, 0.25) is 0 Å². The number of aliphatic carboxylic acids is 1. The molecule has 0 amide bonds. The maximum atomic E-state index is 10.5. The molecular weight excluding hydrogens is 344 g/mol. The summed E-state index contributed by atoms with van der Waals surface area (Å²) < 4.78 is 2.27. The van der Waals surface area contributed by atoms with Gasteiger partial charge < -0.3 is 5.11 Å². The number of hydrogen-bond donors (Lipinski definition) is 1. The van der Waals surface area contributed by atoms with E-state index in [2.05, 4.69) is 47.8 Å². The first-order valence-electron chi connectivity index (χ1n) is 2.70. The van der Waals surface area contributed by atoms with Crippen molar-refractivity contribution >= 4 is 53.8 Å². The third-order valence-electron chi connectivity index (χ3n) is 1.29. The van der Waals surface area contributed by atoms with Crippen molar-refractivity contribution in [3.8, 4) is 0 Å². The minimum absolute atomic E-state index is 0.378. The number of hydrogen-bond acceptors (Lipinski definition) is 1. The van der Waals surface area contributed by atoms with E-state index in [9.17, 15) is 4.79 Å². The van der Waals surface area contributed by atoms with Gasteiger partial charge >= 0.3 is 5.97 Å². The molecule has 11 heavy (non-hydrogen) atoms. The Morgan fingerprint density at radius 2 is 1.82 bits per heavy atom. The highest BCUT2D eigenvalue weighted by Crippen LogP contribution is 2.42. The van der Waals surface area contributed by atoms with E-state index in [-0.39, 0.29) is 0 Å². The molecule has 0 aromatic heterocycles. The van der Waals surface area contributed by atoms with Gasteiger partial charge in [0.25, 0.3) is 0 Å². The third kappa shape index (κ3) is 1.76. The first kappa shape index (κ1) is 9.48. The molecule has 60 valence electrons. The Hall–Kier alpha value is 0.390. The largest absolute Gasteiger partial charge is 0.478 e. The van der Waals surface area contributed by atoms with E-state index in [0.717, 1.165) is 8.96 Å². The minimum Gasteiger partial charge on any atom is -0.478 e. The van der Waals surface area contributed by atoms with Crippen molar-refractivity contribution in [2.24, 2.45) is 0 Å². The van der Waals surface area contributed by atoms with Crippen molar-refractivity contribution in [1.29, 1.82) is 0 Å². The summed E-state index contributed by atoms with van der Waals surface area (Å²) >= 11 is 9.67. The predicted molar refractivity (Wildman–Crippen MR) is 53.1 cm³/mol. The van der Waals surface area contributed by atoms with Crippen molar-refractivity contribution in [3.05, 3.63) is 19.0 Å². The number of halogens is 3. The van der Waals surface area contributed by atoms with Crippen LogP contribution in [0.4, 0.5) is 0 Å². The molecule has 1 aliphatic rings. The van der Waals surface area contributed by atoms with Crippen molar-refractivity contribution in [3.63, 3.8) is 0 Å². The highest BCUT2D eigenvalue weighted by atomic mass is 79.9. The van der Waals surface area contributed by atoms with Crippen LogP contribution in [0.25, 0.3) is 0 Å². The topological polar surface area (TPSA) is 37.3 Å². The molecule has 0 radical (unpaired) electrons. The summed E-state index contributed by atoms with van der Waals surface area (Å²) in [4.78, 5) is 10.5. The zero-order valence-corrected chi connectivity index (χ0v) is 9.95. The Morgan fingerprint density at radius 1 is 1.27 bits per heavy atom. The van der Waals surface area contributed by atoms with Crippen LogP contribution in [0.15, 0.2) is 19.0 Å². The first-order chi connectivity index (χ1) is 5.04. The lowest BCUT2D eigenvalue weighted by Crippen LogP contribution is -1.98. The number of allylic oxidation sites excluding steroid dienone is 3. The third-order valence-corrected chi connectivity index (χ3v) is 4.78. The van der Waals surface area contributed by atoms with Gasteiger partial charge in [-0.15, -0.1) is 0 Å². The fraction of sp³-hybridized carbons (Fsp3) is 0.167. The summed E-state index contributed by atoms with van der Waals surface area (Å²) in [5, 5.41) is 8.66. The first-order valence-corrected chi connectivity index (χ1v) is 5.08. The van der Waals surface area contributed by atoms with Gasteiger partial charge in [0.05, 0.1) is 5.57 Å². The van der Waals surface area contributed by atoms with Crippen LogP contribution in [0, 0.1) is 0 Å². The Bertz CT molecular complexity index is 278. The van der Waals surface area contributed by atoms with Crippen LogP contribution in [0.3, 0.4) is 0 Å². The number of carboxylic acid groups (broad SMARTS) is 1. The lowest BCUT2D eigenvalue weighted by molar-refractivity contribution is -0.132. The molecule has 0 fully saturated rings. The van der Waals surface area contributed by atoms with Gasteiger partial charge in [-0.2, -0.15) is 0 Å². The maximum Gasteiger partial charge on any atom is 0.333 e. The van der Waals surface area contributed by atoms with Crippen LogP contribution < -0.4 is 0 Å². The molecule has 0 heterocycles. The number of carbonyl (C=O) groups is 1. The average molecular weight is 347 g/mol. The predicted octanol–water partition coefficient (Wildman–Crippen LogP) is 3.13. The minimum atomic E-state index is -0.886. The SMILES string of the molecule is O=C(O)C1=C(Br)C(Br)=C(Br)C1. The molecule has 1 N–H and O–H groups in total. The second kappa shape index (κ2) is 3.41. The van der Waals surface area contributed by atoms with Gasteiger partial charge in [0.15, 0.2) is 0 Å². The van der Waals surface area contributed by atoms with Crippen molar-refractivity contribution in [2.45, 2.75) is 6.42 Å². The van der Waals surface area contributed by atoms with Crippen molar-refractivity contribution < 1.29 is 9.90 Å². The molecule has 1 aliphatic carbocycles. The highest BCUT2D eigenvalue weighted by Gasteiger charge is 2.23. The molecule has 0 unspecified atom stereocenters. The Kier molecular flexibility index (Phi) is 2.94. The van der Waals surface area contributed by atoms with E-state index < -0.39 is 5.97 Å². The van der Waals surface area contributed by atoms with Crippen molar-refractivity contribution in [1.82, 2.24) is 0 Å². The van der Waals surface area contributed by atoms with E-state index in [1.54, 1.807) is 0 Å². The second-order valence-electron chi connectivity index (χ2n) is 1.99. The molecule has 0 aromatic rings. The normalized spacial score (nSPS) is 18.1. The van der Waals surface area contributed by atoms with Gasteiger partial charge in [-0.05, 0) is 31.9 Å². The van der Waals surface area contributed by atoms with Crippen molar-refractivity contribution in [2.75, 3.05) is 0 Å². The molecule has 0 spiro atoms. The van der Waals surface area contributed by atoms with Gasteiger partial charge in [0.1, 0.15) is 0 Å². The number of rotatable bonds is 1. The molecule has 0 aliphatic heterocycles. The van der Waals surface area contributed by atoms with Gasteiger partial charge in [0, 0.05) is 19.9 Å². The fourth-order valence-electron chi connectivity index (χ4n) is 0.731. The number of carboxylic acids is 1. The van der Waals surface area contributed by atoms with E-state index >= 15 is 0 Å². The molecular formula is C6H3Br3O2. The van der Waals surface area contributed by atoms with E-state index in [4.69, 9.17) is 5.11 Å². The molecule has 0 bridgehead atoms. The van der Waals surface area contributed by atoms with E-state index in [1.165, 1.54) is 0 Å². The second-order valence-corrected chi connectivity index (χ2v) is 4.54. The zero-order chi connectivity index (χ0) is 8.59. The van der Waals surface area contributed by atoms with Crippen LogP contribution in [0.2, 0.25) is 0 Å². The molecule has 0 saturated carbocycles. The lowest BCUT2D eigenvalue weighted by atomic mass is 10.2. The van der Waals surface area contributed by atoms with Gasteiger partial charge in [-0.25, -0.2) is 4.79 Å². The molecule has 1 rings (SSSR count). The van der Waals surface area contributed by atoms with Gasteiger partial charge in [-0.1, -0.05) is 15.9 Å². The van der Waals surface area contributed by atoms with Crippen LogP contribution in [-0.4, -0.2) is 11.1 Å². The molecule has 0 aromatic carbocycles. The summed E-state index contributed by atoms with van der Waals surface area (Å²) in [6, 6.07) is 0. The van der Waals surface area contributed by atoms with Crippen LogP contribution in [-0.2, 0) is 4.79 Å². The summed E-state index contributed by atoms with van der Waals surface area (Å²) in [6.45, 7) is 0. The average Bonchev–Trinajstić information content (AvgIpc) is 2.17. The summed E-state index contributed by atoms with van der Waals surface area (Å²) in [7, 11) is 0. The lowest BCUT2D eigenvalue weighted by Gasteiger charge is -1.93. The standard InChI is InChI=1S/C6H3Br3O2/c7-3-1-2(6(10)11)4(8)5(3)9/h1H2,(H,10,11). The van der Waals surface area contributed by atoms with Crippen LogP contribution in [0.1, 0.15) is 6.42 Å². The van der Waals surface area contributed by atoms with Crippen LogP contribution >= 0.6 is 47.8 Å². The molecule has 0 atom stereocenters. The Labute approximate surface area is 88.7 Å². The molecule has 5 heteroatoms. The smallest absolute Gasteiger partial charge is 0.333 e. The summed E-state index contributed by atoms with van der Waals surface area (Å²) in [6.07, 6.45) is 0.441.